The number of nitrogens with one attached hydrogen (secondary N) is 1. The van der Waals surface area contributed by atoms with Crippen LogP contribution in [-0.2, 0) is 22.6 Å². The third-order valence-electron chi connectivity index (χ3n) is 6.47. The van der Waals surface area contributed by atoms with Crippen molar-refractivity contribution < 1.29 is 19.1 Å². The van der Waals surface area contributed by atoms with Gasteiger partial charge in [-0.15, -0.1) is 10.2 Å². The molecule has 0 bridgehead atoms. The summed E-state index contributed by atoms with van der Waals surface area (Å²) in [6.45, 7) is 3.14. The maximum atomic E-state index is 13.3. The number of hydrogen-bond donors (Lipinski definition) is 1. The first-order chi connectivity index (χ1) is 20.0. The monoisotopic (exact) mass is 591 g/mol. The van der Waals surface area contributed by atoms with Gasteiger partial charge in [-0.1, -0.05) is 41.6 Å². The minimum Gasteiger partial charge on any atom is -0.494 e. The lowest BCUT2D eigenvalue weighted by Crippen LogP contribution is -2.36. The van der Waals surface area contributed by atoms with E-state index in [1.54, 1.807) is 24.3 Å². The van der Waals surface area contributed by atoms with Crippen molar-refractivity contribution in [3.63, 3.8) is 0 Å². The summed E-state index contributed by atoms with van der Waals surface area (Å²) >= 11 is 7.22. The standard InChI is InChI=1S/C30H30ClN5O4S/c1-2-39-24-15-11-23(12-16-24)36-27(18-32-28(37)19-40-25-13-9-22(31)10-14-25)33-34-30(36)41-20-29(38)35-17-5-7-21-6-3-4-8-26(21)35/h3-4,6,8-16H,2,5,7,17-20H2,1H3,(H,32,37). The van der Waals surface area contributed by atoms with Crippen LogP contribution in [0.3, 0.4) is 0 Å². The molecule has 4 aromatic rings. The molecule has 3 aromatic carbocycles. The highest BCUT2D eigenvalue weighted by molar-refractivity contribution is 7.99. The lowest BCUT2D eigenvalue weighted by molar-refractivity contribution is -0.123. The van der Waals surface area contributed by atoms with Crippen molar-refractivity contribution in [1.82, 2.24) is 20.1 Å². The summed E-state index contributed by atoms with van der Waals surface area (Å²) < 4.78 is 13.0. The van der Waals surface area contributed by atoms with E-state index >= 15 is 0 Å². The zero-order valence-corrected chi connectivity index (χ0v) is 24.2. The summed E-state index contributed by atoms with van der Waals surface area (Å²) in [7, 11) is 0. The van der Waals surface area contributed by atoms with Crippen LogP contribution in [0.5, 0.6) is 11.5 Å². The van der Waals surface area contributed by atoms with Crippen LogP contribution in [0.25, 0.3) is 5.69 Å². The smallest absolute Gasteiger partial charge is 0.258 e. The Morgan fingerprint density at radius 3 is 2.49 bits per heavy atom. The number of rotatable bonds is 11. The Labute approximate surface area is 247 Å². The molecule has 1 aromatic heterocycles. The van der Waals surface area contributed by atoms with Crippen molar-refractivity contribution in [1.29, 1.82) is 0 Å². The number of halogens is 1. The minimum atomic E-state index is -0.311. The van der Waals surface area contributed by atoms with Crippen LogP contribution in [0.1, 0.15) is 24.7 Å². The largest absolute Gasteiger partial charge is 0.494 e. The summed E-state index contributed by atoms with van der Waals surface area (Å²) in [4.78, 5) is 27.7. The molecule has 5 rings (SSSR count). The molecule has 11 heteroatoms. The molecular formula is C30H30ClN5O4S. The Kier molecular flexibility index (Phi) is 9.43. The highest BCUT2D eigenvalue weighted by atomic mass is 35.5. The number of carbonyl (C=O) groups excluding carboxylic acids is 2. The van der Waals surface area contributed by atoms with Crippen molar-refractivity contribution in [2.24, 2.45) is 0 Å². The Balaban J connectivity index is 1.29. The molecule has 0 aliphatic carbocycles. The highest BCUT2D eigenvalue weighted by Crippen LogP contribution is 2.29. The number of thioether (sulfide) groups is 1. The van der Waals surface area contributed by atoms with Crippen molar-refractivity contribution in [3.8, 4) is 17.2 Å². The van der Waals surface area contributed by atoms with E-state index in [1.165, 1.54) is 17.3 Å². The molecule has 2 heterocycles. The second kappa shape index (κ2) is 13.6. The molecule has 0 saturated heterocycles. The summed E-state index contributed by atoms with van der Waals surface area (Å²) in [6, 6.07) is 22.4. The number of nitrogens with zero attached hydrogens (tertiary/aromatic N) is 4. The summed E-state index contributed by atoms with van der Waals surface area (Å²) in [5.41, 5.74) is 2.95. The zero-order valence-electron chi connectivity index (χ0n) is 22.6. The lowest BCUT2D eigenvalue weighted by Gasteiger charge is -2.29. The first kappa shape index (κ1) is 28.5. The molecule has 0 saturated carbocycles. The molecule has 41 heavy (non-hydrogen) atoms. The van der Waals surface area contributed by atoms with Crippen LogP contribution in [0.15, 0.2) is 78.0 Å². The van der Waals surface area contributed by atoms with Crippen molar-refractivity contribution in [2.75, 3.05) is 30.4 Å². The SMILES string of the molecule is CCOc1ccc(-n2c(CNC(=O)COc3ccc(Cl)cc3)nnc2SCC(=O)N2CCCc3ccccc32)cc1. The second-order valence-electron chi connectivity index (χ2n) is 9.25. The van der Waals surface area contributed by atoms with Gasteiger partial charge in [0.1, 0.15) is 11.5 Å². The fourth-order valence-electron chi connectivity index (χ4n) is 4.53. The Bertz CT molecular complexity index is 1490. The number of benzene rings is 3. The maximum Gasteiger partial charge on any atom is 0.258 e. The second-order valence-corrected chi connectivity index (χ2v) is 10.6. The van der Waals surface area contributed by atoms with Crippen LogP contribution >= 0.6 is 23.4 Å². The van der Waals surface area contributed by atoms with Gasteiger partial charge < -0.3 is 19.7 Å². The van der Waals surface area contributed by atoms with Crippen molar-refractivity contribution in [2.45, 2.75) is 31.5 Å². The highest BCUT2D eigenvalue weighted by Gasteiger charge is 2.24. The van der Waals surface area contributed by atoms with Gasteiger partial charge in [-0.25, -0.2) is 0 Å². The third kappa shape index (κ3) is 7.20. The van der Waals surface area contributed by atoms with Gasteiger partial charge in [-0.3, -0.25) is 14.2 Å². The predicted octanol–water partition coefficient (Wildman–Crippen LogP) is 5.09. The normalized spacial score (nSPS) is 12.5. The van der Waals surface area contributed by atoms with Gasteiger partial charge in [-0.05, 0) is 79.9 Å². The number of aromatic nitrogens is 3. The number of para-hydroxylation sites is 1. The Morgan fingerprint density at radius 1 is 0.976 bits per heavy atom. The topological polar surface area (TPSA) is 98.6 Å². The molecule has 2 amide bonds. The number of amides is 2. The molecule has 1 aliphatic heterocycles. The van der Waals surface area contributed by atoms with E-state index < -0.39 is 0 Å². The molecule has 0 atom stereocenters. The summed E-state index contributed by atoms with van der Waals surface area (Å²) in [6.07, 6.45) is 1.90. The van der Waals surface area contributed by atoms with E-state index in [0.29, 0.717) is 34.9 Å². The van der Waals surface area contributed by atoms with E-state index in [2.05, 4.69) is 21.6 Å². The first-order valence-corrected chi connectivity index (χ1v) is 14.7. The van der Waals surface area contributed by atoms with E-state index in [0.717, 1.165) is 30.0 Å². The molecule has 0 unspecified atom stereocenters. The van der Waals surface area contributed by atoms with Crippen LogP contribution in [0.4, 0.5) is 5.69 Å². The van der Waals surface area contributed by atoms with Gasteiger partial charge in [0.05, 0.1) is 18.9 Å². The zero-order chi connectivity index (χ0) is 28.6. The average molecular weight is 592 g/mol. The quantitative estimate of drug-likeness (QED) is 0.243. The van der Waals surface area contributed by atoms with Gasteiger partial charge in [0, 0.05) is 22.9 Å². The fourth-order valence-corrected chi connectivity index (χ4v) is 5.50. The van der Waals surface area contributed by atoms with Gasteiger partial charge in [0.2, 0.25) is 5.91 Å². The van der Waals surface area contributed by atoms with Gasteiger partial charge in [0.25, 0.3) is 5.91 Å². The molecule has 0 fully saturated rings. The third-order valence-corrected chi connectivity index (χ3v) is 7.64. The lowest BCUT2D eigenvalue weighted by atomic mass is 10.0. The molecule has 9 nitrogen and oxygen atoms in total. The van der Waals surface area contributed by atoms with Crippen LogP contribution in [-0.4, -0.2) is 52.1 Å². The van der Waals surface area contributed by atoms with E-state index in [4.69, 9.17) is 21.1 Å². The molecule has 1 aliphatic rings. The molecule has 212 valence electrons. The molecule has 0 spiro atoms. The first-order valence-electron chi connectivity index (χ1n) is 13.4. The number of ether oxygens (including phenoxy) is 2. The predicted molar refractivity (Wildman–Crippen MR) is 159 cm³/mol. The minimum absolute atomic E-state index is 0.0117. The number of anilines is 1. The Hall–Kier alpha value is -4.02. The number of hydrogen-bond acceptors (Lipinski definition) is 7. The number of fused-ring (bicyclic) bond motifs is 1. The van der Waals surface area contributed by atoms with Crippen LogP contribution in [0.2, 0.25) is 5.02 Å². The van der Waals surface area contributed by atoms with Gasteiger partial charge in [-0.2, -0.15) is 0 Å². The number of aryl methyl sites for hydroxylation is 1. The van der Waals surface area contributed by atoms with Crippen molar-refractivity contribution >= 4 is 40.9 Å². The average Bonchev–Trinajstić information content (AvgIpc) is 3.41. The summed E-state index contributed by atoms with van der Waals surface area (Å²) in [5, 5.41) is 12.7. The van der Waals surface area contributed by atoms with Gasteiger partial charge >= 0.3 is 0 Å². The van der Waals surface area contributed by atoms with Crippen LogP contribution in [0, 0.1) is 0 Å². The van der Waals surface area contributed by atoms with E-state index in [1.807, 2.05) is 58.9 Å². The van der Waals surface area contributed by atoms with Crippen LogP contribution < -0.4 is 19.7 Å². The Morgan fingerprint density at radius 2 is 1.71 bits per heavy atom. The fraction of sp³-hybridized carbons (Fsp3) is 0.267. The van der Waals surface area contributed by atoms with E-state index in [9.17, 15) is 9.59 Å². The molecule has 1 N–H and O–H groups in total. The summed E-state index contributed by atoms with van der Waals surface area (Å²) in [5.74, 6) is 1.71. The van der Waals surface area contributed by atoms with E-state index in [-0.39, 0.29) is 30.7 Å². The maximum absolute atomic E-state index is 13.3. The molecular weight excluding hydrogens is 562 g/mol. The molecule has 0 radical (unpaired) electrons. The van der Waals surface area contributed by atoms with Crippen molar-refractivity contribution in [3.05, 3.63) is 89.2 Å². The number of carbonyl (C=O) groups is 2. The van der Waals surface area contributed by atoms with Gasteiger partial charge in [0.15, 0.2) is 17.6 Å².